The lowest BCUT2D eigenvalue weighted by molar-refractivity contribution is -0.144. The number of nitrogens with zero attached hydrogens (tertiary/aromatic N) is 4. The van der Waals surface area contributed by atoms with Gasteiger partial charge in [0.1, 0.15) is 0 Å². The quantitative estimate of drug-likeness (QED) is 0.276. The summed E-state index contributed by atoms with van der Waals surface area (Å²) < 4.78 is 2.09. The number of amides is 2. The van der Waals surface area contributed by atoms with Gasteiger partial charge in [0.05, 0.1) is 17.3 Å². The highest BCUT2D eigenvalue weighted by molar-refractivity contribution is 6.34. The summed E-state index contributed by atoms with van der Waals surface area (Å²) in [6.45, 7) is 5.59. The van der Waals surface area contributed by atoms with E-state index in [1.807, 2.05) is 36.4 Å². The Balaban J connectivity index is 1.27. The zero-order valence-electron chi connectivity index (χ0n) is 24.9. The molecule has 1 aromatic heterocycles. The number of rotatable bonds is 8. The Bertz CT molecular complexity index is 1610. The summed E-state index contributed by atoms with van der Waals surface area (Å²) in [6.07, 6.45) is 7.89. The second-order valence-corrected chi connectivity index (χ2v) is 12.8. The summed E-state index contributed by atoms with van der Waals surface area (Å²) in [7, 11) is 0. The van der Waals surface area contributed by atoms with E-state index in [9.17, 15) is 9.59 Å². The fourth-order valence-electron chi connectivity index (χ4n) is 6.10. The third kappa shape index (κ3) is 7.30. The van der Waals surface area contributed by atoms with Gasteiger partial charge in [-0.2, -0.15) is 5.10 Å². The molecule has 0 atom stereocenters. The van der Waals surface area contributed by atoms with Crippen molar-refractivity contribution in [3.63, 3.8) is 0 Å². The van der Waals surface area contributed by atoms with Crippen LogP contribution in [-0.4, -0.2) is 63.6 Å². The Labute approximate surface area is 268 Å². The van der Waals surface area contributed by atoms with Gasteiger partial charge in [-0.1, -0.05) is 47.5 Å². The van der Waals surface area contributed by atoms with E-state index in [2.05, 4.69) is 26.7 Å². The van der Waals surface area contributed by atoms with E-state index in [1.54, 1.807) is 0 Å². The van der Waals surface area contributed by atoms with Crippen LogP contribution in [0.1, 0.15) is 66.5 Å². The van der Waals surface area contributed by atoms with Gasteiger partial charge >= 0.3 is 11.8 Å². The van der Waals surface area contributed by atoms with E-state index in [0.717, 1.165) is 77.8 Å². The molecule has 2 fully saturated rings. The van der Waals surface area contributed by atoms with Crippen LogP contribution < -0.4 is 11.1 Å². The number of primary amides is 1. The average Bonchev–Trinajstić information content (AvgIpc) is 3.80. The molecule has 0 spiro atoms. The number of nitrogens with two attached hydrogens (primary N) is 1. The molecule has 3 N–H and O–H groups in total. The zero-order valence-corrected chi connectivity index (χ0v) is 26.4. The fraction of sp³-hybridized carbons (Fsp3) is 0.441. The molecule has 230 valence electrons. The number of piperidine rings is 1. The zero-order chi connectivity index (χ0) is 30.6. The minimum Gasteiger partial charge on any atom is -0.361 e. The van der Waals surface area contributed by atoms with Crippen molar-refractivity contribution in [2.75, 3.05) is 26.2 Å². The monoisotopic (exact) mass is 632 g/mol. The minimum atomic E-state index is -0.943. The van der Waals surface area contributed by atoms with Crippen LogP contribution in [0.2, 0.25) is 10.0 Å². The van der Waals surface area contributed by atoms with E-state index < -0.39 is 11.8 Å². The molecule has 2 aromatic carbocycles. The average molecular weight is 634 g/mol. The van der Waals surface area contributed by atoms with Crippen molar-refractivity contribution in [1.29, 1.82) is 0 Å². The van der Waals surface area contributed by atoms with Crippen LogP contribution in [0.5, 0.6) is 0 Å². The number of hydrogen-bond donors (Lipinski definition) is 2. The second kappa shape index (κ2) is 13.7. The molecule has 2 aliphatic heterocycles. The van der Waals surface area contributed by atoms with E-state index in [4.69, 9.17) is 34.0 Å². The van der Waals surface area contributed by atoms with Gasteiger partial charge in [-0.05, 0) is 87.6 Å². The third-order valence-corrected chi connectivity index (χ3v) is 9.41. The van der Waals surface area contributed by atoms with Crippen molar-refractivity contribution in [3.05, 3.63) is 74.4 Å². The summed E-state index contributed by atoms with van der Waals surface area (Å²) in [5, 5.41) is 9.84. The summed E-state index contributed by atoms with van der Waals surface area (Å²) in [4.78, 5) is 28.3. The van der Waals surface area contributed by atoms with Crippen LogP contribution in [-0.2, 0) is 35.6 Å². The van der Waals surface area contributed by atoms with E-state index in [0.29, 0.717) is 29.6 Å². The molecule has 3 aliphatic rings. The number of aromatic nitrogens is 2. The normalized spacial score (nSPS) is 16.7. The van der Waals surface area contributed by atoms with Crippen molar-refractivity contribution in [1.82, 2.24) is 24.9 Å². The Hall–Kier alpha value is -3.35. The van der Waals surface area contributed by atoms with Crippen molar-refractivity contribution in [2.45, 2.75) is 70.6 Å². The molecule has 3 aromatic rings. The molecule has 0 unspecified atom stereocenters. The first kappa shape index (κ1) is 30.7. The van der Waals surface area contributed by atoms with E-state index >= 15 is 0 Å². The molecule has 2 amide bonds. The molecule has 6 rings (SSSR count). The van der Waals surface area contributed by atoms with Gasteiger partial charge in [0.25, 0.3) is 0 Å². The fourth-order valence-corrected chi connectivity index (χ4v) is 6.45. The van der Waals surface area contributed by atoms with Crippen LogP contribution in [0, 0.1) is 11.8 Å². The smallest absolute Gasteiger partial charge is 0.311 e. The van der Waals surface area contributed by atoms with E-state index in [1.165, 1.54) is 37.0 Å². The Morgan fingerprint density at radius 3 is 2.55 bits per heavy atom. The lowest BCUT2D eigenvalue weighted by Gasteiger charge is -2.27. The molecule has 1 saturated heterocycles. The molecular weight excluding hydrogens is 595 g/mol. The second-order valence-electron chi connectivity index (χ2n) is 12.0. The van der Waals surface area contributed by atoms with Gasteiger partial charge in [0.15, 0.2) is 0 Å². The van der Waals surface area contributed by atoms with Crippen molar-refractivity contribution >= 4 is 35.0 Å². The molecule has 8 nitrogen and oxygen atoms in total. The maximum absolute atomic E-state index is 12.5. The summed E-state index contributed by atoms with van der Waals surface area (Å²) >= 11 is 13.1. The van der Waals surface area contributed by atoms with Crippen LogP contribution in [0.15, 0.2) is 36.4 Å². The van der Waals surface area contributed by atoms with Crippen molar-refractivity contribution < 1.29 is 9.59 Å². The number of benzene rings is 2. The minimum absolute atomic E-state index is 0.282. The highest BCUT2D eigenvalue weighted by atomic mass is 35.5. The first-order valence-corrected chi connectivity index (χ1v) is 16.3. The number of hydrogen-bond acceptors (Lipinski definition) is 5. The van der Waals surface area contributed by atoms with Crippen molar-refractivity contribution in [2.24, 2.45) is 5.73 Å². The van der Waals surface area contributed by atoms with Gasteiger partial charge in [-0.15, -0.1) is 0 Å². The van der Waals surface area contributed by atoms with Crippen LogP contribution >= 0.6 is 23.2 Å². The van der Waals surface area contributed by atoms with Gasteiger partial charge in [0, 0.05) is 65.1 Å². The maximum atomic E-state index is 12.5. The molecule has 1 saturated carbocycles. The molecule has 0 bridgehead atoms. The predicted octanol–water partition coefficient (Wildman–Crippen LogP) is 4.75. The highest BCUT2D eigenvalue weighted by Gasteiger charge is 2.30. The summed E-state index contributed by atoms with van der Waals surface area (Å²) in [5.41, 5.74) is 11.6. The molecule has 10 heteroatoms. The number of likely N-dealkylation sites (tertiary alicyclic amines) is 1. The maximum Gasteiger partial charge on any atom is 0.311 e. The lowest BCUT2D eigenvalue weighted by atomic mass is 9.99. The SMILES string of the molecule is NC(=O)C(=O)N1CCc2c(c(-c3ccc(Cl)c(C#Cc4ccc(Cl)c(CNC5CC5)c4)c3)nn2CCCN2CCCCC2)C1. The van der Waals surface area contributed by atoms with Crippen LogP contribution in [0.3, 0.4) is 0 Å². The number of carbonyl (C=O) groups is 2. The van der Waals surface area contributed by atoms with Crippen molar-refractivity contribution in [3.8, 4) is 23.1 Å². The molecule has 1 aliphatic carbocycles. The van der Waals surface area contributed by atoms with Gasteiger partial charge in [-0.3, -0.25) is 14.3 Å². The number of halogens is 2. The number of aryl methyl sites for hydroxylation is 1. The molecular formula is C34H38Cl2N6O2. The number of fused-ring (bicyclic) bond motifs is 1. The largest absolute Gasteiger partial charge is 0.361 e. The molecule has 3 heterocycles. The third-order valence-electron chi connectivity index (χ3n) is 8.71. The van der Waals surface area contributed by atoms with Gasteiger partial charge in [0.2, 0.25) is 0 Å². The van der Waals surface area contributed by atoms with Gasteiger partial charge < -0.3 is 20.9 Å². The Morgan fingerprint density at radius 1 is 0.977 bits per heavy atom. The Kier molecular flexibility index (Phi) is 9.58. The van der Waals surface area contributed by atoms with E-state index in [-0.39, 0.29) is 6.54 Å². The van der Waals surface area contributed by atoms with Crippen LogP contribution in [0.4, 0.5) is 0 Å². The summed E-state index contributed by atoms with van der Waals surface area (Å²) in [5.74, 6) is 4.90. The predicted molar refractivity (Wildman–Crippen MR) is 173 cm³/mol. The summed E-state index contributed by atoms with van der Waals surface area (Å²) in [6, 6.07) is 12.1. The van der Waals surface area contributed by atoms with Crippen LogP contribution in [0.25, 0.3) is 11.3 Å². The number of carbonyl (C=O) groups excluding carboxylic acids is 2. The standard InChI is InChI=1S/C34H38Cl2N6O2/c35-29-12-8-25(20-24(29)7-5-23-6-11-30(36)26(19-23)21-38-27-9-10-27)32-28-22-41(34(44)33(37)43)18-13-31(28)42(39-32)17-4-16-40-14-2-1-3-15-40/h6,8,11-12,19-20,27,38H,1-4,9-10,13-18,21-22H2,(H2,37,43). The molecule has 0 radical (unpaired) electrons. The first-order chi connectivity index (χ1) is 21.4. The lowest BCUT2D eigenvalue weighted by Crippen LogP contribution is -2.43. The number of nitrogens with one attached hydrogen (secondary N) is 1. The first-order valence-electron chi connectivity index (χ1n) is 15.6. The topological polar surface area (TPSA) is 96.5 Å². The van der Waals surface area contributed by atoms with Gasteiger partial charge in [-0.25, -0.2) is 0 Å². The molecule has 44 heavy (non-hydrogen) atoms. The highest BCUT2D eigenvalue weighted by Crippen LogP contribution is 2.32. The Morgan fingerprint density at radius 2 is 1.77 bits per heavy atom.